The Labute approximate surface area is 157 Å². The fourth-order valence-electron chi connectivity index (χ4n) is 1.84. The highest BCUT2D eigenvalue weighted by molar-refractivity contribution is 6.30. The minimum absolute atomic E-state index is 0.101. The molecule has 9 heteroatoms. The first-order chi connectivity index (χ1) is 12.9. The first kappa shape index (κ1) is 20.1. The molecule has 0 aromatic heterocycles. The molecule has 2 N–H and O–H groups in total. The van der Waals surface area contributed by atoms with Crippen molar-refractivity contribution in [3.05, 3.63) is 76.3 Å². The third kappa shape index (κ3) is 6.19. The molecule has 0 saturated heterocycles. The summed E-state index contributed by atoms with van der Waals surface area (Å²) in [5.41, 5.74) is 4.18. The minimum atomic E-state index is -0.860. The Balaban J connectivity index is 1.77. The summed E-state index contributed by atoms with van der Waals surface area (Å²) in [6.07, 6.45) is 2.35. The van der Waals surface area contributed by atoms with Crippen LogP contribution in [0.3, 0.4) is 0 Å². The van der Waals surface area contributed by atoms with Crippen LogP contribution in [-0.2, 0) is 14.3 Å². The summed E-state index contributed by atoms with van der Waals surface area (Å²) in [4.78, 5) is 34.8. The topological polar surface area (TPSA) is 84.5 Å². The first-order valence-electron chi connectivity index (χ1n) is 7.50. The summed E-state index contributed by atoms with van der Waals surface area (Å²) >= 11 is 5.61. The number of carbonyl (C=O) groups is 3. The molecule has 2 amide bonds. The lowest BCUT2D eigenvalue weighted by atomic mass is 10.2. The van der Waals surface area contributed by atoms with Crippen molar-refractivity contribution in [2.24, 2.45) is 0 Å². The van der Waals surface area contributed by atoms with E-state index in [0.717, 1.165) is 18.2 Å². The van der Waals surface area contributed by atoms with E-state index in [2.05, 4.69) is 4.74 Å². The smallest absolute Gasteiger partial charge is 0.331 e. The van der Waals surface area contributed by atoms with Crippen LogP contribution in [0.5, 0.6) is 0 Å². The van der Waals surface area contributed by atoms with Crippen LogP contribution in [0.4, 0.5) is 8.78 Å². The summed E-state index contributed by atoms with van der Waals surface area (Å²) in [6.45, 7) is -0.676. The summed E-state index contributed by atoms with van der Waals surface area (Å²) in [6, 6.07) is 9.06. The zero-order valence-corrected chi connectivity index (χ0v) is 14.4. The van der Waals surface area contributed by atoms with Gasteiger partial charge in [0.05, 0.1) is 10.6 Å². The van der Waals surface area contributed by atoms with Crippen LogP contribution >= 0.6 is 11.6 Å². The highest BCUT2D eigenvalue weighted by Gasteiger charge is 2.12. The maximum absolute atomic E-state index is 13.4. The van der Waals surface area contributed by atoms with E-state index in [4.69, 9.17) is 11.6 Å². The normalized spacial score (nSPS) is 10.5. The zero-order chi connectivity index (χ0) is 19.8. The van der Waals surface area contributed by atoms with E-state index in [9.17, 15) is 23.2 Å². The van der Waals surface area contributed by atoms with Crippen molar-refractivity contribution < 1.29 is 27.9 Å². The highest BCUT2D eigenvalue weighted by atomic mass is 35.5. The second-order valence-electron chi connectivity index (χ2n) is 5.10. The van der Waals surface area contributed by atoms with E-state index >= 15 is 0 Å². The third-order valence-corrected chi connectivity index (χ3v) is 3.42. The molecule has 0 bridgehead atoms. The molecule has 6 nitrogen and oxygen atoms in total. The third-order valence-electron chi connectivity index (χ3n) is 3.13. The van der Waals surface area contributed by atoms with Crippen molar-refractivity contribution in [1.82, 2.24) is 10.9 Å². The number of hydrogen-bond acceptors (Lipinski definition) is 4. The molecule has 0 unspecified atom stereocenters. The molecular formula is C18H13ClF2N2O4. The number of nitrogens with one attached hydrogen (secondary N) is 2. The molecule has 0 spiro atoms. The summed E-state index contributed by atoms with van der Waals surface area (Å²) in [5, 5.41) is -0.101. The summed E-state index contributed by atoms with van der Waals surface area (Å²) < 4.78 is 31.1. The lowest BCUT2D eigenvalue weighted by Gasteiger charge is -2.07. The molecule has 2 aromatic carbocycles. The standard InChI is InChI=1S/C18H13ClF2N2O4/c19-13-9-11(5-7-15(13)21)6-8-17(25)27-10-16(24)22-23-18(26)12-3-1-2-4-14(12)20/h1-9H,10H2,(H,22,24)(H,23,26)/b8-6+. The van der Waals surface area contributed by atoms with Gasteiger partial charge in [0.2, 0.25) is 0 Å². The van der Waals surface area contributed by atoms with Crippen molar-refractivity contribution in [1.29, 1.82) is 0 Å². The van der Waals surface area contributed by atoms with E-state index in [1.54, 1.807) is 0 Å². The maximum atomic E-state index is 13.4. The van der Waals surface area contributed by atoms with E-state index in [1.165, 1.54) is 36.4 Å². The summed E-state index contributed by atoms with van der Waals surface area (Å²) in [5.74, 6) is -3.87. The van der Waals surface area contributed by atoms with Crippen LogP contribution in [0.25, 0.3) is 6.08 Å². The van der Waals surface area contributed by atoms with Gasteiger partial charge in [-0.15, -0.1) is 0 Å². The molecular weight excluding hydrogens is 382 g/mol. The number of amides is 2. The van der Waals surface area contributed by atoms with Gasteiger partial charge in [0.1, 0.15) is 11.6 Å². The molecule has 2 aromatic rings. The van der Waals surface area contributed by atoms with Crippen molar-refractivity contribution in [3.63, 3.8) is 0 Å². The number of rotatable bonds is 5. The monoisotopic (exact) mass is 394 g/mol. The van der Waals surface area contributed by atoms with Crippen LogP contribution < -0.4 is 10.9 Å². The average Bonchev–Trinajstić information content (AvgIpc) is 2.65. The molecule has 0 fully saturated rings. The zero-order valence-electron chi connectivity index (χ0n) is 13.7. The van der Waals surface area contributed by atoms with Gasteiger partial charge < -0.3 is 4.74 Å². The Hall–Kier alpha value is -3.26. The largest absolute Gasteiger partial charge is 0.452 e. The van der Waals surface area contributed by atoms with Crippen LogP contribution in [0.2, 0.25) is 5.02 Å². The van der Waals surface area contributed by atoms with Gasteiger partial charge in [0.25, 0.3) is 11.8 Å². The van der Waals surface area contributed by atoms with E-state index in [1.807, 2.05) is 10.9 Å². The van der Waals surface area contributed by atoms with Gasteiger partial charge in [-0.05, 0) is 35.9 Å². The highest BCUT2D eigenvalue weighted by Crippen LogP contribution is 2.16. The Kier molecular flexibility index (Phi) is 7.01. The van der Waals surface area contributed by atoms with Crippen molar-refractivity contribution in [2.45, 2.75) is 0 Å². The van der Waals surface area contributed by atoms with Gasteiger partial charge in [-0.2, -0.15) is 0 Å². The molecule has 0 aliphatic carbocycles. The predicted molar refractivity (Wildman–Crippen MR) is 93.4 cm³/mol. The van der Waals surface area contributed by atoms with Gasteiger partial charge >= 0.3 is 5.97 Å². The minimum Gasteiger partial charge on any atom is -0.452 e. The molecule has 27 heavy (non-hydrogen) atoms. The SMILES string of the molecule is O=C(COC(=O)/C=C/c1ccc(F)c(Cl)c1)NNC(=O)c1ccccc1F. The lowest BCUT2D eigenvalue weighted by Crippen LogP contribution is -2.43. The number of carbonyl (C=O) groups excluding carboxylic acids is 3. The Morgan fingerprint density at radius 2 is 1.78 bits per heavy atom. The molecule has 2 rings (SSSR count). The molecule has 0 saturated carbocycles. The number of esters is 1. The number of hydrazine groups is 1. The molecule has 0 atom stereocenters. The van der Waals surface area contributed by atoms with Crippen LogP contribution in [0, 0.1) is 11.6 Å². The predicted octanol–water partition coefficient (Wildman–Crippen LogP) is 2.64. The van der Waals surface area contributed by atoms with Crippen LogP contribution in [0.15, 0.2) is 48.5 Å². The first-order valence-corrected chi connectivity index (χ1v) is 7.88. The lowest BCUT2D eigenvalue weighted by molar-refractivity contribution is -0.144. The Morgan fingerprint density at radius 3 is 2.48 bits per heavy atom. The van der Waals surface area contributed by atoms with Gasteiger partial charge in [0.15, 0.2) is 6.61 Å². The number of benzene rings is 2. The molecule has 0 radical (unpaired) electrons. The number of halogens is 3. The number of hydrogen-bond donors (Lipinski definition) is 2. The van der Waals surface area contributed by atoms with Crippen molar-refractivity contribution in [3.8, 4) is 0 Å². The van der Waals surface area contributed by atoms with E-state index < -0.39 is 36.0 Å². The van der Waals surface area contributed by atoms with Crippen LogP contribution in [-0.4, -0.2) is 24.4 Å². The Bertz CT molecular complexity index is 903. The summed E-state index contributed by atoms with van der Waals surface area (Å²) in [7, 11) is 0. The van der Waals surface area contributed by atoms with Gasteiger partial charge in [-0.3, -0.25) is 20.4 Å². The average molecular weight is 395 g/mol. The molecule has 0 heterocycles. The fraction of sp³-hybridized carbons (Fsp3) is 0.0556. The van der Waals surface area contributed by atoms with Gasteiger partial charge in [-0.25, -0.2) is 13.6 Å². The van der Waals surface area contributed by atoms with Gasteiger partial charge in [-0.1, -0.05) is 29.8 Å². The van der Waals surface area contributed by atoms with Gasteiger partial charge in [0, 0.05) is 6.08 Å². The van der Waals surface area contributed by atoms with Crippen molar-refractivity contribution >= 4 is 35.5 Å². The molecule has 0 aliphatic heterocycles. The second kappa shape index (κ2) is 9.44. The molecule has 0 aliphatic rings. The second-order valence-corrected chi connectivity index (χ2v) is 5.50. The number of ether oxygens (including phenoxy) is 1. The van der Waals surface area contributed by atoms with Crippen molar-refractivity contribution in [2.75, 3.05) is 6.61 Å². The maximum Gasteiger partial charge on any atom is 0.331 e. The fourth-order valence-corrected chi connectivity index (χ4v) is 2.03. The quantitative estimate of drug-likeness (QED) is 0.464. The van der Waals surface area contributed by atoms with Crippen LogP contribution in [0.1, 0.15) is 15.9 Å². The van der Waals surface area contributed by atoms with E-state index in [-0.39, 0.29) is 10.6 Å². The van der Waals surface area contributed by atoms with E-state index in [0.29, 0.717) is 5.56 Å². The Morgan fingerprint density at radius 1 is 1.04 bits per heavy atom. The molecule has 140 valence electrons.